The van der Waals surface area contributed by atoms with Gasteiger partial charge in [-0.05, 0) is 30.5 Å². The molecule has 0 aliphatic carbocycles. The van der Waals surface area contributed by atoms with Crippen LogP contribution in [0.15, 0.2) is 18.2 Å². The molecule has 2 nitrogen and oxygen atoms in total. The van der Waals surface area contributed by atoms with E-state index in [1.54, 1.807) is 0 Å². The summed E-state index contributed by atoms with van der Waals surface area (Å²) in [4.78, 5) is 0. The second kappa shape index (κ2) is 5.41. The highest BCUT2D eigenvalue weighted by Crippen LogP contribution is 2.11. The number of rotatable bonds is 4. The molecule has 0 unspecified atom stereocenters. The van der Waals surface area contributed by atoms with Crippen LogP contribution in [-0.4, -0.2) is 6.54 Å². The Morgan fingerprint density at radius 2 is 2.14 bits per heavy atom. The Hall–Kier alpha value is -1.33. The summed E-state index contributed by atoms with van der Waals surface area (Å²) in [6.07, 6.45) is 0.574. The molecule has 1 aromatic rings. The van der Waals surface area contributed by atoms with E-state index in [9.17, 15) is 0 Å². The highest BCUT2D eigenvalue weighted by atomic mass is 14.8. The van der Waals surface area contributed by atoms with Crippen LogP contribution in [0.4, 0.5) is 0 Å². The molecule has 0 aliphatic heterocycles. The maximum Gasteiger partial charge on any atom is 0.0635 e. The van der Waals surface area contributed by atoms with Crippen LogP contribution in [0.1, 0.15) is 23.1 Å². The molecule has 0 atom stereocenters. The van der Waals surface area contributed by atoms with Crippen molar-refractivity contribution in [3.8, 4) is 6.07 Å². The van der Waals surface area contributed by atoms with Gasteiger partial charge < -0.3 is 5.32 Å². The minimum absolute atomic E-state index is 0.574. The van der Waals surface area contributed by atoms with Crippen LogP contribution >= 0.6 is 0 Å². The van der Waals surface area contributed by atoms with Crippen molar-refractivity contribution in [3.05, 3.63) is 34.9 Å². The first kappa shape index (κ1) is 10.7. The number of nitriles is 1. The Bertz CT molecular complexity index is 337. The summed E-state index contributed by atoms with van der Waals surface area (Å²) in [5, 5.41) is 11.6. The monoisotopic (exact) mass is 188 g/mol. The number of benzene rings is 1. The van der Waals surface area contributed by atoms with Gasteiger partial charge in [-0.1, -0.05) is 18.2 Å². The molecule has 0 fully saturated rings. The lowest BCUT2D eigenvalue weighted by molar-refractivity contribution is 0.696. The van der Waals surface area contributed by atoms with Gasteiger partial charge in [-0.25, -0.2) is 0 Å². The SMILES string of the molecule is Cc1cccc(CNCCC#N)c1C. The molecular weight excluding hydrogens is 172 g/mol. The van der Waals surface area contributed by atoms with Gasteiger partial charge in [-0.2, -0.15) is 5.26 Å². The smallest absolute Gasteiger partial charge is 0.0635 e. The van der Waals surface area contributed by atoms with Gasteiger partial charge in [0.1, 0.15) is 0 Å². The largest absolute Gasteiger partial charge is 0.312 e. The molecule has 1 aromatic carbocycles. The Morgan fingerprint density at radius 1 is 1.36 bits per heavy atom. The number of hydrogen-bond acceptors (Lipinski definition) is 2. The molecule has 0 amide bonds. The topological polar surface area (TPSA) is 35.8 Å². The van der Waals surface area contributed by atoms with Crippen LogP contribution in [0.5, 0.6) is 0 Å². The molecular formula is C12H16N2. The van der Waals surface area contributed by atoms with E-state index >= 15 is 0 Å². The van der Waals surface area contributed by atoms with E-state index < -0.39 is 0 Å². The highest BCUT2D eigenvalue weighted by molar-refractivity contribution is 5.32. The molecule has 1 N–H and O–H groups in total. The zero-order chi connectivity index (χ0) is 10.4. The zero-order valence-corrected chi connectivity index (χ0v) is 8.80. The van der Waals surface area contributed by atoms with E-state index in [1.165, 1.54) is 16.7 Å². The molecule has 14 heavy (non-hydrogen) atoms. The average molecular weight is 188 g/mol. The number of aryl methyl sites for hydroxylation is 1. The van der Waals surface area contributed by atoms with Crippen LogP contribution in [0.25, 0.3) is 0 Å². The third kappa shape index (κ3) is 2.86. The van der Waals surface area contributed by atoms with Crippen LogP contribution in [0.3, 0.4) is 0 Å². The summed E-state index contributed by atoms with van der Waals surface area (Å²) in [7, 11) is 0. The van der Waals surface area contributed by atoms with Crippen LogP contribution in [0, 0.1) is 25.2 Å². The lowest BCUT2D eigenvalue weighted by atomic mass is 10.0. The molecule has 0 heterocycles. The molecule has 0 saturated heterocycles. The summed E-state index contributed by atoms with van der Waals surface area (Å²) in [6, 6.07) is 8.44. The van der Waals surface area contributed by atoms with Gasteiger partial charge in [0.15, 0.2) is 0 Å². The fourth-order valence-corrected chi connectivity index (χ4v) is 1.37. The summed E-state index contributed by atoms with van der Waals surface area (Å²) >= 11 is 0. The molecule has 0 radical (unpaired) electrons. The molecule has 0 aliphatic rings. The van der Waals surface area contributed by atoms with Gasteiger partial charge in [-0.3, -0.25) is 0 Å². The number of hydrogen-bond donors (Lipinski definition) is 1. The molecule has 0 bridgehead atoms. The maximum absolute atomic E-state index is 8.37. The van der Waals surface area contributed by atoms with Gasteiger partial charge in [0, 0.05) is 19.5 Å². The minimum atomic E-state index is 0.574. The number of nitrogens with zero attached hydrogens (tertiary/aromatic N) is 1. The lowest BCUT2D eigenvalue weighted by Gasteiger charge is -2.08. The average Bonchev–Trinajstić information content (AvgIpc) is 2.19. The Labute approximate surface area is 85.6 Å². The first-order valence-electron chi connectivity index (χ1n) is 4.88. The first-order chi connectivity index (χ1) is 6.75. The minimum Gasteiger partial charge on any atom is -0.312 e. The van der Waals surface area contributed by atoms with Crippen LogP contribution in [0.2, 0.25) is 0 Å². The lowest BCUT2D eigenvalue weighted by Crippen LogP contribution is -2.15. The van der Waals surface area contributed by atoms with Gasteiger partial charge in [-0.15, -0.1) is 0 Å². The van der Waals surface area contributed by atoms with E-state index in [4.69, 9.17) is 5.26 Å². The van der Waals surface area contributed by atoms with E-state index in [0.717, 1.165) is 13.1 Å². The Kier molecular flexibility index (Phi) is 4.15. The second-order valence-electron chi connectivity index (χ2n) is 3.44. The third-order valence-electron chi connectivity index (χ3n) is 2.45. The maximum atomic E-state index is 8.37. The summed E-state index contributed by atoms with van der Waals surface area (Å²) < 4.78 is 0. The standard InChI is InChI=1S/C12H16N2/c1-10-5-3-6-12(11(10)2)9-14-8-4-7-13/h3,5-6,14H,4,8-9H2,1-2H3. The van der Waals surface area contributed by atoms with Crippen molar-refractivity contribution >= 4 is 0 Å². The molecule has 0 aromatic heterocycles. The van der Waals surface area contributed by atoms with Crippen LogP contribution in [-0.2, 0) is 6.54 Å². The van der Waals surface area contributed by atoms with E-state index in [1.807, 2.05) is 0 Å². The van der Waals surface area contributed by atoms with Crippen molar-refractivity contribution in [2.75, 3.05) is 6.54 Å². The van der Waals surface area contributed by atoms with Crippen molar-refractivity contribution in [3.63, 3.8) is 0 Å². The van der Waals surface area contributed by atoms with Crippen molar-refractivity contribution in [1.82, 2.24) is 5.32 Å². The first-order valence-corrected chi connectivity index (χ1v) is 4.88. The fourth-order valence-electron chi connectivity index (χ4n) is 1.37. The Morgan fingerprint density at radius 3 is 2.86 bits per heavy atom. The fraction of sp³-hybridized carbons (Fsp3) is 0.417. The summed E-state index contributed by atoms with van der Waals surface area (Å²) in [5.74, 6) is 0. The van der Waals surface area contributed by atoms with E-state index in [0.29, 0.717) is 6.42 Å². The van der Waals surface area contributed by atoms with Gasteiger partial charge in [0.25, 0.3) is 0 Å². The molecule has 0 spiro atoms. The quantitative estimate of drug-likeness (QED) is 0.736. The van der Waals surface area contributed by atoms with Crippen molar-refractivity contribution < 1.29 is 0 Å². The molecule has 1 rings (SSSR count). The highest BCUT2D eigenvalue weighted by Gasteiger charge is 1.99. The summed E-state index contributed by atoms with van der Waals surface area (Å²) in [5.41, 5.74) is 3.99. The normalized spacial score (nSPS) is 9.79. The predicted octanol–water partition coefficient (Wildman–Crippen LogP) is 2.31. The molecule has 0 saturated carbocycles. The van der Waals surface area contributed by atoms with Gasteiger partial charge >= 0.3 is 0 Å². The van der Waals surface area contributed by atoms with Crippen molar-refractivity contribution in [2.45, 2.75) is 26.8 Å². The Balaban J connectivity index is 2.51. The van der Waals surface area contributed by atoms with Crippen molar-refractivity contribution in [2.24, 2.45) is 0 Å². The summed E-state index contributed by atoms with van der Waals surface area (Å²) in [6.45, 7) is 5.88. The predicted molar refractivity (Wildman–Crippen MR) is 57.9 cm³/mol. The van der Waals surface area contributed by atoms with E-state index in [-0.39, 0.29) is 0 Å². The van der Waals surface area contributed by atoms with Crippen LogP contribution < -0.4 is 5.32 Å². The van der Waals surface area contributed by atoms with E-state index in [2.05, 4.69) is 43.4 Å². The van der Waals surface area contributed by atoms with Gasteiger partial charge in [0.2, 0.25) is 0 Å². The zero-order valence-electron chi connectivity index (χ0n) is 8.80. The number of nitrogens with one attached hydrogen (secondary N) is 1. The van der Waals surface area contributed by atoms with Gasteiger partial charge in [0.05, 0.1) is 6.07 Å². The molecule has 2 heteroatoms. The second-order valence-corrected chi connectivity index (χ2v) is 3.44. The van der Waals surface area contributed by atoms with Crippen molar-refractivity contribution in [1.29, 1.82) is 5.26 Å². The third-order valence-corrected chi connectivity index (χ3v) is 2.45. The molecule has 74 valence electrons.